The molecule has 2 bridgehead atoms. The number of nitrogens with zero attached hydrogens (tertiary/aromatic N) is 2. The predicted molar refractivity (Wildman–Crippen MR) is 188 cm³/mol. The van der Waals surface area contributed by atoms with E-state index in [4.69, 9.17) is 9.47 Å². The molecule has 5 rings (SSSR count). The Balaban J connectivity index is 1.47. The van der Waals surface area contributed by atoms with E-state index in [2.05, 4.69) is 34.4 Å². The van der Waals surface area contributed by atoms with E-state index in [0.717, 1.165) is 5.56 Å². The van der Waals surface area contributed by atoms with E-state index in [1.54, 1.807) is 28.9 Å². The molecule has 10 nitrogen and oxygen atoms in total. The fourth-order valence-electron chi connectivity index (χ4n) is 7.62. The molecule has 2 aromatic rings. The van der Waals surface area contributed by atoms with Crippen LogP contribution in [-0.4, -0.2) is 86.9 Å². The van der Waals surface area contributed by atoms with Crippen LogP contribution in [0.2, 0.25) is 0 Å². The van der Waals surface area contributed by atoms with E-state index >= 15 is 0 Å². The van der Waals surface area contributed by atoms with Crippen molar-refractivity contribution in [3.63, 3.8) is 0 Å². The number of hydrogen-bond acceptors (Lipinski definition) is 7. The highest BCUT2D eigenvalue weighted by Gasteiger charge is 2.77. The number of carbonyl (C=O) groups excluding carboxylic acids is 4. The van der Waals surface area contributed by atoms with Crippen molar-refractivity contribution < 1.29 is 33.8 Å². The van der Waals surface area contributed by atoms with Crippen LogP contribution in [0.1, 0.15) is 56.3 Å². The number of rotatable bonds is 17. The summed E-state index contributed by atoms with van der Waals surface area (Å²) >= 11 is 3.73. The normalized spacial score (nSPS) is 26.5. The highest BCUT2D eigenvalue weighted by molar-refractivity contribution is 9.09. The number of nitrogens with one attached hydrogen (secondary N) is 1. The Hall–Kier alpha value is -3.80. The van der Waals surface area contributed by atoms with Crippen molar-refractivity contribution in [2.24, 2.45) is 11.8 Å². The van der Waals surface area contributed by atoms with Gasteiger partial charge in [0.25, 0.3) is 0 Å². The van der Waals surface area contributed by atoms with Crippen LogP contribution in [0.4, 0.5) is 0 Å². The van der Waals surface area contributed by atoms with Gasteiger partial charge < -0.3 is 29.7 Å². The zero-order valence-corrected chi connectivity index (χ0v) is 29.5. The van der Waals surface area contributed by atoms with Gasteiger partial charge in [-0.15, -0.1) is 13.2 Å². The van der Waals surface area contributed by atoms with Gasteiger partial charge in [-0.25, -0.2) is 0 Å². The van der Waals surface area contributed by atoms with Crippen LogP contribution in [0.5, 0.6) is 0 Å². The maximum absolute atomic E-state index is 14.6. The second-order valence-electron chi connectivity index (χ2n) is 13.1. The number of alkyl halides is 1. The summed E-state index contributed by atoms with van der Waals surface area (Å²) in [6.07, 6.45) is 3.83. The van der Waals surface area contributed by atoms with Crippen molar-refractivity contribution in [3.8, 4) is 0 Å². The van der Waals surface area contributed by atoms with Crippen LogP contribution in [-0.2, 0) is 35.2 Å². The van der Waals surface area contributed by atoms with Crippen molar-refractivity contribution >= 4 is 39.6 Å². The van der Waals surface area contributed by atoms with Crippen molar-refractivity contribution in [2.75, 3.05) is 19.7 Å². The lowest BCUT2D eigenvalue weighted by atomic mass is 9.70. The van der Waals surface area contributed by atoms with Crippen LogP contribution in [0.3, 0.4) is 0 Å². The summed E-state index contributed by atoms with van der Waals surface area (Å²) in [6, 6.07) is 17.2. The van der Waals surface area contributed by atoms with Crippen molar-refractivity contribution in [2.45, 2.75) is 80.3 Å². The Morgan fingerprint density at radius 1 is 1.12 bits per heavy atom. The number of halogens is 1. The molecule has 0 aliphatic carbocycles. The number of carbonyl (C=O) groups is 4. The Bertz CT molecular complexity index is 1510. The number of hydrogen-bond donors (Lipinski definition) is 2. The molecule has 262 valence electrons. The Morgan fingerprint density at radius 3 is 2.47 bits per heavy atom. The summed E-state index contributed by atoms with van der Waals surface area (Å²) in [5.74, 6) is -3.36. The van der Waals surface area contributed by atoms with Gasteiger partial charge in [-0.2, -0.15) is 0 Å². The van der Waals surface area contributed by atoms with Crippen LogP contribution in [0.15, 0.2) is 86.0 Å². The lowest BCUT2D eigenvalue weighted by molar-refractivity contribution is -0.162. The van der Waals surface area contributed by atoms with Gasteiger partial charge in [0, 0.05) is 37.5 Å². The van der Waals surface area contributed by atoms with E-state index in [9.17, 15) is 24.3 Å². The van der Waals surface area contributed by atoms with Gasteiger partial charge in [0.15, 0.2) is 0 Å². The topological polar surface area (TPSA) is 125 Å². The Kier molecular flexibility index (Phi) is 12.1. The number of amides is 3. The molecule has 2 aromatic carbocycles. The highest BCUT2D eigenvalue weighted by atomic mass is 79.9. The van der Waals surface area contributed by atoms with Crippen LogP contribution < -0.4 is 5.32 Å². The van der Waals surface area contributed by atoms with Gasteiger partial charge in [-0.3, -0.25) is 19.2 Å². The molecule has 3 fully saturated rings. The van der Waals surface area contributed by atoms with Crippen LogP contribution in [0, 0.1) is 11.8 Å². The molecule has 3 amide bonds. The summed E-state index contributed by atoms with van der Waals surface area (Å²) in [6.45, 7) is 10.1. The number of ether oxygens (including phenoxy) is 2. The molecule has 8 atom stereocenters. The number of benzene rings is 2. The van der Waals surface area contributed by atoms with E-state index in [1.807, 2.05) is 60.7 Å². The average Bonchev–Trinajstić information content (AvgIpc) is 3.69. The molecule has 3 saturated heterocycles. The molecule has 3 aliphatic heterocycles. The SMILES string of the molecule is C=CCCC(=O)N[C@@H](C)[C@H](OC(=O)[C@H]1[C@@H]2O[C@@]3(CC2Br)[C@@H]1C(=O)N(CCCCO)[C@@H]3C(=O)N(CC=C)Cc1ccccc1)c1ccccc1. The van der Waals surface area contributed by atoms with Crippen LogP contribution in [0.25, 0.3) is 0 Å². The minimum absolute atomic E-state index is 0.0496. The number of aliphatic hydroxyl groups excluding tert-OH is 1. The zero-order valence-electron chi connectivity index (χ0n) is 27.9. The zero-order chi connectivity index (χ0) is 35.1. The van der Waals surface area contributed by atoms with Crippen LogP contribution >= 0.6 is 15.9 Å². The summed E-state index contributed by atoms with van der Waals surface area (Å²) in [7, 11) is 0. The first-order valence-electron chi connectivity index (χ1n) is 17.0. The second-order valence-corrected chi connectivity index (χ2v) is 14.2. The molecule has 0 radical (unpaired) electrons. The molecular formula is C38H46BrN3O7. The van der Waals surface area contributed by atoms with E-state index < -0.39 is 47.7 Å². The number of aliphatic hydroxyl groups is 1. The third-order valence-corrected chi connectivity index (χ3v) is 10.6. The van der Waals surface area contributed by atoms with Crippen molar-refractivity contribution in [1.82, 2.24) is 15.1 Å². The maximum atomic E-state index is 14.6. The Morgan fingerprint density at radius 2 is 1.82 bits per heavy atom. The largest absolute Gasteiger partial charge is 0.455 e. The smallest absolute Gasteiger partial charge is 0.313 e. The Labute approximate surface area is 296 Å². The predicted octanol–water partition coefficient (Wildman–Crippen LogP) is 4.48. The molecule has 3 aliphatic rings. The number of esters is 1. The average molecular weight is 737 g/mol. The molecular weight excluding hydrogens is 690 g/mol. The molecule has 0 saturated carbocycles. The molecule has 3 heterocycles. The first-order valence-corrected chi connectivity index (χ1v) is 17.9. The van der Waals surface area contributed by atoms with Gasteiger partial charge >= 0.3 is 5.97 Å². The number of unbranched alkanes of at least 4 members (excludes halogenated alkanes) is 1. The third-order valence-electron chi connectivity index (χ3n) is 9.77. The highest BCUT2D eigenvalue weighted by Crippen LogP contribution is 2.60. The fraction of sp³-hybridized carbons (Fsp3) is 0.474. The molecule has 0 aromatic heterocycles. The second kappa shape index (κ2) is 16.3. The quantitative estimate of drug-likeness (QED) is 0.106. The summed E-state index contributed by atoms with van der Waals surface area (Å²) in [4.78, 5) is 59.1. The van der Waals surface area contributed by atoms with E-state index in [-0.39, 0.29) is 48.7 Å². The van der Waals surface area contributed by atoms with Crippen molar-refractivity contribution in [1.29, 1.82) is 0 Å². The number of allylic oxidation sites excluding steroid dienone is 1. The summed E-state index contributed by atoms with van der Waals surface area (Å²) in [5.41, 5.74) is 0.356. The monoisotopic (exact) mass is 735 g/mol. The van der Waals surface area contributed by atoms with Gasteiger partial charge in [-0.05, 0) is 43.7 Å². The molecule has 1 spiro atoms. The molecule has 2 N–H and O–H groups in total. The van der Waals surface area contributed by atoms with Gasteiger partial charge in [0.1, 0.15) is 17.7 Å². The molecule has 11 heteroatoms. The number of fused-ring (bicyclic) bond motifs is 1. The van der Waals surface area contributed by atoms with E-state index in [1.165, 1.54) is 0 Å². The number of likely N-dealkylation sites (tertiary alicyclic amines) is 1. The van der Waals surface area contributed by atoms with Gasteiger partial charge in [0.2, 0.25) is 17.7 Å². The first kappa shape index (κ1) is 36.5. The minimum atomic E-state index is -1.27. The lowest BCUT2D eigenvalue weighted by Crippen LogP contribution is -2.56. The van der Waals surface area contributed by atoms with Gasteiger partial charge in [0.05, 0.1) is 24.0 Å². The summed E-state index contributed by atoms with van der Waals surface area (Å²) < 4.78 is 12.9. The minimum Gasteiger partial charge on any atom is -0.455 e. The third kappa shape index (κ3) is 7.54. The first-order chi connectivity index (χ1) is 23.7. The maximum Gasteiger partial charge on any atom is 0.313 e. The lowest BCUT2D eigenvalue weighted by Gasteiger charge is -2.37. The molecule has 1 unspecified atom stereocenters. The van der Waals surface area contributed by atoms with Crippen molar-refractivity contribution in [3.05, 3.63) is 97.1 Å². The van der Waals surface area contributed by atoms with E-state index in [0.29, 0.717) is 37.8 Å². The fourth-order valence-corrected chi connectivity index (χ4v) is 8.56. The standard InChI is InChI=1S/C38H46BrN3O7/c1-4-6-19-29(44)40-25(3)32(27-17-11-8-12-18-27)48-37(47)30-31-35(45)42(21-13-14-22-43)34(38(31)23-28(39)33(30)49-38)36(46)41(20-5-2)24-26-15-9-7-10-16-26/h4-5,7-12,15-18,25,28,30-34,43H,1-2,6,13-14,19-24H2,3H3,(H,40,44)/t25-,28?,30+,31-,32-,33+,34+,38-/m0/s1. The van der Waals surface area contributed by atoms with Gasteiger partial charge in [-0.1, -0.05) is 88.7 Å². The summed E-state index contributed by atoms with van der Waals surface area (Å²) in [5, 5.41) is 12.5. The molecule has 49 heavy (non-hydrogen) atoms.